The molecule has 5 heavy (non-hydrogen) atoms. The van der Waals surface area contributed by atoms with E-state index < -0.39 is 0 Å². The van der Waals surface area contributed by atoms with Crippen LogP contribution in [0.25, 0.3) is 0 Å². The number of hydrogen-bond donors (Lipinski definition) is 0. The van der Waals surface area contributed by atoms with Crippen LogP contribution >= 0.6 is 11.6 Å². The van der Waals surface area contributed by atoms with E-state index >= 15 is 0 Å². The highest BCUT2D eigenvalue weighted by molar-refractivity contribution is 6.23. The minimum atomic E-state index is 0.906. The first-order valence-electron chi connectivity index (χ1n) is 1.63. The Morgan fingerprint density at radius 2 is 2.40 bits per heavy atom. The van der Waals surface area contributed by atoms with Gasteiger partial charge in [-0.25, -0.2) is 0 Å². The van der Waals surface area contributed by atoms with E-state index in [9.17, 15) is 0 Å². The second-order valence-corrected chi connectivity index (χ2v) is 1.11. The number of rotatable bonds is 2. The van der Waals surface area contributed by atoms with Crippen molar-refractivity contribution in [1.82, 2.24) is 0 Å². The lowest BCUT2D eigenvalue weighted by Crippen LogP contribution is -1.57. The summed E-state index contributed by atoms with van der Waals surface area (Å²) in [5, 5.41) is 0. The van der Waals surface area contributed by atoms with Crippen LogP contribution in [0.3, 0.4) is 0 Å². The number of hydrogen-bond acceptors (Lipinski definition) is 0. The molecule has 0 rings (SSSR count). The summed E-state index contributed by atoms with van der Waals surface area (Å²) < 4.78 is 0. The average Bonchev–Trinajstić information content (AvgIpc) is 1.41. The summed E-state index contributed by atoms with van der Waals surface area (Å²) in [4.78, 5) is 0. The lowest BCUT2D eigenvalue weighted by molar-refractivity contribution is 1.03. The Morgan fingerprint density at radius 3 is 2.40 bits per heavy atom. The molecule has 0 fully saturated rings. The van der Waals surface area contributed by atoms with Gasteiger partial charge in [-0.15, -0.1) is 11.6 Å². The zero-order valence-corrected chi connectivity index (χ0v) is 3.83. The van der Waals surface area contributed by atoms with Gasteiger partial charge in [-0.1, -0.05) is 13.3 Å². The van der Waals surface area contributed by atoms with Gasteiger partial charge in [-0.05, 0) is 6.42 Å². The quantitative estimate of drug-likeness (QED) is 0.487. The predicted molar refractivity (Wildman–Crippen MR) is 24.7 cm³/mol. The fourth-order valence-electron chi connectivity index (χ4n) is 0.0772. The Labute approximate surface area is 38.1 Å². The van der Waals surface area contributed by atoms with Crippen LogP contribution in [0.2, 0.25) is 0 Å². The summed E-state index contributed by atoms with van der Waals surface area (Å²) in [6.07, 6.45) is 1.82. The van der Waals surface area contributed by atoms with Gasteiger partial charge in [0.2, 0.25) is 0 Å². The van der Waals surface area contributed by atoms with Gasteiger partial charge in [-0.2, -0.15) is 0 Å². The van der Waals surface area contributed by atoms with Crippen LogP contribution in [0.4, 0.5) is 0 Å². The van der Waals surface area contributed by atoms with Gasteiger partial charge in [0.1, 0.15) is 0 Å². The molecule has 0 aromatic carbocycles. The lowest BCUT2D eigenvalue weighted by Gasteiger charge is -1.76. The summed E-state index contributed by atoms with van der Waals surface area (Å²) in [5.41, 5.74) is 0. The standard InChI is InChI=1S/C4H7Cl/c1-2-3-4-5/h4H,1-3H2. The van der Waals surface area contributed by atoms with Crippen LogP contribution in [0, 0.1) is 12.8 Å². The van der Waals surface area contributed by atoms with Crippen LogP contribution in [-0.4, -0.2) is 0 Å². The second-order valence-electron chi connectivity index (χ2n) is 0.797. The Balaban J connectivity index is 2.19. The highest BCUT2D eigenvalue weighted by atomic mass is 35.5. The van der Waals surface area contributed by atoms with Crippen molar-refractivity contribution in [3.8, 4) is 0 Å². The lowest BCUT2D eigenvalue weighted by atomic mass is 10.4. The average molecular weight is 90.6 g/mol. The fraction of sp³-hybridized carbons (Fsp3) is 0.500. The Morgan fingerprint density at radius 1 is 1.80 bits per heavy atom. The molecule has 0 aromatic rings. The highest BCUT2D eigenvalue weighted by Crippen LogP contribution is 1.93. The van der Waals surface area contributed by atoms with Crippen molar-refractivity contribution in [2.24, 2.45) is 0 Å². The first-order chi connectivity index (χ1) is 2.41. The Hall–Kier alpha value is 0.290. The SMILES string of the molecule is [CH2]CC[CH]Cl. The molecule has 0 aromatic heterocycles. The summed E-state index contributed by atoms with van der Waals surface area (Å²) in [6.45, 7) is 3.56. The minimum Gasteiger partial charge on any atom is -0.121 e. The van der Waals surface area contributed by atoms with Gasteiger partial charge in [0, 0.05) is 5.88 Å². The molecule has 0 saturated carbocycles. The first kappa shape index (κ1) is 5.29. The Kier molecular flexibility index (Phi) is 4.54. The summed E-state index contributed by atoms with van der Waals surface area (Å²) in [5.74, 6) is 1.59. The van der Waals surface area contributed by atoms with E-state index in [4.69, 9.17) is 11.6 Å². The molecule has 0 spiro atoms. The largest absolute Gasteiger partial charge is 0.121 e. The molecule has 0 nitrogen and oxygen atoms in total. The van der Waals surface area contributed by atoms with Crippen LogP contribution in [0.1, 0.15) is 12.8 Å². The van der Waals surface area contributed by atoms with E-state index in [1.807, 2.05) is 0 Å². The zero-order chi connectivity index (χ0) is 4.12. The third-order valence-corrected chi connectivity index (χ3v) is 0.531. The topological polar surface area (TPSA) is 0 Å². The van der Waals surface area contributed by atoms with Gasteiger partial charge in [-0.3, -0.25) is 0 Å². The van der Waals surface area contributed by atoms with E-state index in [0.717, 1.165) is 12.8 Å². The number of unbranched alkanes of at least 4 members (excludes halogenated alkanes) is 1. The van der Waals surface area contributed by atoms with Gasteiger partial charge in [0.05, 0.1) is 0 Å². The van der Waals surface area contributed by atoms with Crippen LogP contribution in [0.15, 0.2) is 0 Å². The fourth-order valence-corrected chi connectivity index (χ4v) is 0.231. The Bertz CT molecular complexity index is 11.1. The summed E-state index contributed by atoms with van der Waals surface area (Å²) in [6, 6.07) is 0. The van der Waals surface area contributed by atoms with Crippen molar-refractivity contribution < 1.29 is 0 Å². The van der Waals surface area contributed by atoms with E-state index in [-0.39, 0.29) is 0 Å². The molecular weight excluding hydrogens is 83.5 g/mol. The molecular formula is C4H7Cl. The van der Waals surface area contributed by atoms with Crippen molar-refractivity contribution >= 4 is 11.6 Å². The molecule has 0 unspecified atom stereocenters. The van der Waals surface area contributed by atoms with Gasteiger partial charge in [0.25, 0.3) is 0 Å². The first-order valence-corrected chi connectivity index (χ1v) is 2.06. The van der Waals surface area contributed by atoms with Crippen molar-refractivity contribution in [2.45, 2.75) is 12.8 Å². The molecule has 0 heterocycles. The van der Waals surface area contributed by atoms with E-state index in [2.05, 4.69) is 6.92 Å². The third kappa shape index (κ3) is 4.29. The van der Waals surface area contributed by atoms with E-state index in [1.165, 1.54) is 0 Å². The van der Waals surface area contributed by atoms with Gasteiger partial charge >= 0.3 is 0 Å². The van der Waals surface area contributed by atoms with Crippen LogP contribution in [-0.2, 0) is 0 Å². The maximum Gasteiger partial charge on any atom is 0.0499 e. The monoisotopic (exact) mass is 90.0 g/mol. The third-order valence-electron chi connectivity index (χ3n) is 0.313. The normalized spacial score (nSPS) is 8.40. The highest BCUT2D eigenvalue weighted by Gasteiger charge is 1.71. The van der Waals surface area contributed by atoms with E-state index in [0.29, 0.717) is 0 Å². The van der Waals surface area contributed by atoms with Crippen molar-refractivity contribution in [3.63, 3.8) is 0 Å². The molecule has 1 heteroatoms. The smallest absolute Gasteiger partial charge is 0.0499 e. The van der Waals surface area contributed by atoms with Gasteiger partial charge < -0.3 is 0 Å². The maximum absolute atomic E-state index is 5.14. The molecule has 0 N–H and O–H groups in total. The van der Waals surface area contributed by atoms with Crippen LogP contribution in [0.5, 0.6) is 0 Å². The maximum atomic E-state index is 5.14. The van der Waals surface area contributed by atoms with Crippen molar-refractivity contribution in [3.05, 3.63) is 12.8 Å². The molecule has 30 valence electrons. The van der Waals surface area contributed by atoms with Crippen molar-refractivity contribution in [2.75, 3.05) is 0 Å². The van der Waals surface area contributed by atoms with E-state index in [1.54, 1.807) is 5.88 Å². The molecule has 0 aliphatic heterocycles. The molecule has 0 aliphatic rings. The second kappa shape index (κ2) is 4.29. The van der Waals surface area contributed by atoms with Crippen molar-refractivity contribution in [1.29, 1.82) is 0 Å². The summed E-state index contributed by atoms with van der Waals surface area (Å²) in [7, 11) is 0. The molecule has 0 aliphatic carbocycles. The zero-order valence-electron chi connectivity index (χ0n) is 3.08. The minimum absolute atomic E-state index is 0.906. The number of halogens is 1. The molecule has 0 bridgehead atoms. The predicted octanol–water partition coefficient (Wildman–Crippen LogP) is 2.00. The molecule has 0 amide bonds. The van der Waals surface area contributed by atoms with Gasteiger partial charge in [0.15, 0.2) is 0 Å². The molecule has 0 atom stereocenters. The summed E-state index contributed by atoms with van der Waals surface area (Å²) >= 11 is 5.14. The molecule has 0 saturated heterocycles. The molecule has 2 radical (unpaired) electrons. The van der Waals surface area contributed by atoms with Crippen LogP contribution < -0.4 is 0 Å².